The first-order chi connectivity index (χ1) is 7.30. The van der Waals surface area contributed by atoms with E-state index in [0.29, 0.717) is 5.56 Å². The van der Waals surface area contributed by atoms with Gasteiger partial charge in [0.15, 0.2) is 0 Å². The second kappa shape index (κ2) is 5.81. The number of ether oxygens (including phenoxy) is 1. The van der Waals surface area contributed by atoms with E-state index in [1.807, 2.05) is 13.0 Å². The SMILES string of the molecule is C=C/C=C(\CC)Oc1ccc(C=O)cc1. The predicted molar refractivity (Wildman–Crippen MR) is 61.0 cm³/mol. The molecule has 0 aromatic heterocycles. The lowest BCUT2D eigenvalue weighted by Gasteiger charge is -2.07. The van der Waals surface area contributed by atoms with E-state index in [0.717, 1.165) is 24.2 Å². The molecule has 0 aliphatic rings. The minimum atomic E-state index is 0.646. The molecule has 1 rings (SSSR count). The zero-order valence-corrected chi connectivity index (χ0v) is 8.77. The fraction of sp³-hybridized carbons (Fsp3) is 0.154. The lowest BCUT2D eigenvalue weighted by atomic mass is 10.2. The molecule has 0 fully saturated rings. The molecular weight excluding hydrogens is 188 g/mol. The molecule has 0 N–H and O–H groups in total. The van der Waals surface area contributed by atoms with E-state index >= 15 is 0 Å². The molecule has 0 bridgehead atoms. The molecule has 0 spiro atoms. The van der Waals surface area contributed by atoms with Crippen LogP contribution >= 0.6 is 0 Å². The van der Waals surface area contributed by atoms with Crippen LogP contribution in [0.3, 0.4) is 0 Å². The highest BCUT2D eigenvalue weighted by atomic mass is 16.5. The number of benzene rings is 1. The quantitative estimate of drug-likeness (QED) is 0.416. The Kier molecular flexibility index (Phi) is 4.35. The van der Waals surface area contributed by atoms with Crippen LogP contribution in [-0.2, 0) is 0 Å². The van der Waals surface area contributed by atoms with Gasteiger partial charge in [-0.3, -0.25) is 4.79 Å². The van der Waals surface area contributed by atoms with E-state index in [1.165, 1.54) is 0 Å². The Labute approximate surface area is 89.9 Å². The molecule has 2 nitrogen and oxygen atoms in total. The second-order valence-corrected chi connectivity index (χ2v) is 3.01. The van der Waals surface area contributed by atoms with Crippen molar-refractivity contribution >= 4 is 6.29 Å². The van der Waals surface area contributed by atoms with Gasteiger partial charge < -0.3 is 4.74 Å². The Morgan fingerprint density at radius 2 is 2.07 bits per heavy atom. The summed E-state index contributed by atoms with van der Waals surface area (Å²) in [4.78, 5) is 10.4. The Morgan fingerprint density at radius 3 is 2.53 bits per heavy atom. The summed E-state index contributed by atoms with van der Waals surface area (Å²) >= 11 is 0. The Bertz CT molecular complexity index is 361. The highest BCUT2D eigenvalue weighted by molar-refractivity contribution is 5.74. The molecule has 0 amide bonds. The lowest BCUT2D eigenvalue weighted by molar-refractivity contribution is 0.112. The zero-order chi connectivity index (χ0) is 11.1. The summed E-state index contributed by atoms with van der Waals surface area (Å²) in [5, 5.41) is 0. The fourth-order valence-electron chi connectivity index (χ4n) is 1.12. The van der Waals surface area contributed by atoms with Gasteiger partial charge in [0, 0.05) is 12.0 Å². The smallest absolute Gasteiger partial charge is 0.150 e. The van der Waals surface area contributed by atoms with Crippen molar-refractivity contribution in [2.45, 2.75) is 13.3 Å². The molecule has 0 radical (unpaired) electrons. The topological polar surface area (TPSA) is 26.3 Å². The highest BCUT2D eigenvalue weighted by Crippen LogP contribution is 2.15. The van der Waals surface area contributed by atoms with E-state index in [1.54, 1.807) is 30.3 Å². The van der Waals surface area contributed by atoms with Crippen LogP contribution in [0.15, 0.2) is 48.8 Å². The number of carbonyl (C=O) groups is 1. The van der Waals surface area contributed by atoms with E-state index < -0.39 is 0 Å². The highest BCUT2D eigenvalue weighted by Gasteiger charge is 1.97. The molecule has 1 aromatic carbocycles. The molecule has 0 atom stereocenters. The second-order valence-electron chi connectivity index (χ2n) is 3.01. The van der Waals surface area contributed by atoms with E-state index in [-0.39, 0.29) is 0 Å². The molecule has 0 aliphatic carbocycles. The molecule has 0 aliphatic heterocycles. The van der Waals surface area contributed by atoms with Crippen LogP contribution in [-0.4, -0.2) is 6.29 Å². The van der Waals surface area contributed by atoms with Crippen LogP contribution in [0.2, 0.25) is 0 Å². The summed E-state index contributed by atoms with van der Waals surface area (Å²) in [6.45, 7) is 5.62. The number of carbonyl (C=O) groups excluding carboxylic acids is 1. The molecule has 0 saturated heterocycles. The molecule has 0 heterocycles. The van der Waals surface area contributed by atoms with E-state index in [2.05, 4.69) is 6.58 Å². The van der Waals surface area contributed by atoms with Crippen molar-refractivity contribution in [2.75, 3.05) is 0 Å². The van der Waals surface area contributed by atoms with Crippen LogP contribution in [0.25, 0.3) is 0 Å². The monoisotopic (exact) mass is 202 g/mol. The number of hydrogen-bond acceptors (Lipinski definition) is 2. The standard InChI is InChI=1S/C13H14O2/c1-3-5-12(4-2)15-13-8-6-11(10-14)7-9-13/h3,5-10H,1,4H2,2H3/b12-5+. The average Bonchev–Trinajstić information content (AvgIpc) is 2.29. The predicted octanol–water partition coefficient (Wildman–Crippen LogP) is 3.36. The van der Waals surface area contributed by atoms with Crippen LogP contribution in [0.5, 0.6) is 5.75 Å². The van der Waals surface area contributed by atoms with Gasteiger partial charge in [0.05, 0.1) is 0 Å². The van der Waals surface area contributed by atoms with Crippen molar-refractivity contribution in [2.24, 2.45) is 0 Å². The number of allylic oxidation sites excluding steroid dienone is 3. The first-order valence-electron chi connectivity index (χ1n) is 4.84. The van der Waals surface area contributed by atoms with Gasteiger partial charge in [0.1, 0.15) is 17.8 Å². The fourth-order valence-corrected chi connectivity index (χ4v) is 1.12. The maximum atomic E-state index is 10.4. The van der Waals surface area contributed by atoms with Crippen molar-refractivity contribution < 1.29 is 9.53 Å². The minimum Gasteiger partial charge on any atom is -0.462 e. The lowest BCUT2D eigenvalue weighted by Crippen LogP contribution is -1.93. The summed E-state index contributed by atoms with van der Waals surface area (Å²) in [5.41, 5.74) is 0.646. The van der Waals surface area contributed by atoms with Crippen LogP contribution < -0.4 is 4.74 Å². The molecule has 2 heteroatoms. The van der Waals surface area contributed by atoms with Gasteiger partial charge in [0.25, 0.3) is 0 Å². The van der Waals surface area contributed by atoms with Crippen molar-refractivity contribution in [1.82, 2.24) is 0 Å². The maximum absolute atomic E-state index is 10.4. The van der Waals surface area contributed by atoms with Crippen molar-refractivity contribution in [3.8, 4) is 5.75 Å². The molecule has 78 valence electrons. The molecule has 15 heavy (non-hydrogen) atoms. The minimum absolute atomic E-state index is 0.646. The van der Waals surface area contributed by atoms with Crippen molar-refractivity contribution in [1.29, 1.82) is 0 Å². The summed E-state index contributed by atoms with van der Waals surface area (Å²) in [7, 11) is 0. The van der Waals surface area contributed by atoms with Gasteiger partial charge in [-0.1, -0.05) is 19.6 Å². The third kappa shape index (κ3) is 3.43. The van der Waals surface area contributed by atoms with E-state index in [4.69, 9.17) is 4.74 Å². The number of rotatable bonds is 5. The van der Waals surface area contributed by atoms with Gasteiger partial charge in [-0.2, -0.15) is 0 Å². The van der Waals surface area contributed by atoms with E-state index in [9.17, 15) is 4.79 Å². The number of hydrogen-bond donors (Lipinski definition) is 0. The summed E-state index contributed by atoms with van der Waals surface area (Å²) in [5.74, 6) is 1.58. The molecular formula is C13H14O2. The van der Waals surface area contributed by atoms with Crippen LogP contribution in [0.4, 0.5) is 0 Å². The zero-order valence-electron chi connectivity index (χ0n) is 8.77. The Hall–Kier alpha value is -1.83. The van der Waals surface area contributed by atoms with Gasteiger partial charge in [-0.25, -0.2) is 0 Å². The van der Waals surface area contributed by atoms with Crippen molar-refractivity contribution in [3.05, 3.63) is 54.3 Å². The van der Waals surface area contributed by atoms with Crippen LogP contribution in [0, 0.1) is 0 Å². The Balaban J connectivity index is 2.75. The summed E-state index contributed by atoms with van der Waals surface area (Å²) in [6, 6.07) is 7.00. The van der Waals surface area contributed by atoms with Gasteiger partial charge >= 0.3 is 0 Å². The van der Waals surface area contributed by atoms with Gasteiger partial charge in [-0.15, -0.1) is 0 Å². The van der Waals surface area contributed by atoms with Gasteiger partial charge in [-0.05, 0) is 30.3 Å². The number of aldehydes is 1. The molecule has 1 aromatic rings. The third-order valence-electron chi connectivity index (χ3n) is 1.92. The molecule has 0 saturated carbocycles. The third-order valence-corrected chi connectivity index (χ3v) is 1.92. The van der Waals surface area contributed by atoms with Gasteiger partial charge in [0.2, 0.25) is 0 Å². The largest absolute Gasteiger partial charge is 0.462 e. The van der Waals surface area contributed by atoms with Crippen molar-refractivity contribution in [3.63, 3.8) is 0 Å². The first-order valence-corrected chi connectivity index (χ1v) is 4.84. The van der Waals surface area contributed by atoms with Crippen LogP contribution in [0.1, 0.15) is 23.7 Å². The average molecular weight is 202 g/mol. The summed E-state index contributed by atoms with van der Waals surface area (Å²) < 4.78 is 5.58. The Morgan fingerprint density at radius 1 is 1.40 bits per heavy atom. The molecule has 0 unspecified atom stereocenters. The summed E-state index contributed by atoms with van der Waals surface area (Å²) in [6.07, 6.45) is 5.14. The normalized spacial score (nSPS) is 10.9. The maximum Gasteiger partial charge on any atom is 0.150 e. The first kappa shape index (κ1) is 11.2.